The van der Waals surface area contributed by atoms with Crippen molar-refractivity contribution in [3.8, 4) is 0 Å². The molecule has 0 bridgehead atoms. The Morgan fingerprint density at radius 1 is 1.44 bits per heavy atom. The number of piperidine rings is 1. The van der Waals surface area contributed by atoms with Gasteiger partial charge in [0.2, 0.25) is 5.95 Å². The first kappa shape index (κ1) is 11.5. The van der Waals surface area contributed by atoms with Crippen molar-refractivity contribution < 1.29 is 4.39 Å². The topological polar surface area (TPSA) is 52.7 Å². The first-order valence-corrected chi connectivity index (χ1v) is 6.36. The highest BCUT2D eigenvalue weighted by Crippen LogP contribution is 2.18. The van der Waals surface area contributed by atoms with Gasteiger partial charge in [0.25, 0.3) is 0 Å². The van der Waals surface area contributed by atoms with Crippen LogP contribution in [0.3, 0.4) is 0 Å². The maximum Gasteiger partial charge on any atom is 0.201 e. The van der Waals surface area contributed by atoms with Crippen LogP contribution in [-0.2, 0) is 0 Å². The number of aromatic nitrogens is 2. The van der Waals surface area contributed by atoms with Crippen molar-refractivity contribution in [1.29, 1.82) is 0 Å². The maximum atomic E-state index is 13.1. The lowest BCUT2D eigenvalue weighted by atomic mass is 10.0. The first-order valence-electron chi connectivity index (χ1n) is 6.36. The summed E-state index contributed by atoms with van der Waals surface area (Å²) in [4.78, 5) is 7.54. The van der Waals surface area contributed by atoms with Gasteiger partial charge in [0.05, 0.1) is 11.0 Å². The number of anilines is 1. The summed E-state index contributed by atoms with van der Waals surface area (Å²) in [6.07, 6.45) is 2.15. The van der Waals surface area contributed by atoms with Crippen LogP contribution < -0.4 is 10.6 Å². The van der Waals surface area contributed by atoms with E-state index >= 15 is 0 Å². The van der Waals surface area contributed by atoms with E-state index in [1.54, 1.807) is 6.07 Å². The summed E-state index contributed by atoms with van der Waals surface area (Å²) in [7, 11) is 0. The number of aromatic amines is 1. The molecular formula is C13H17FN4. The van der Waals surface area contributed by atoms with Gasteiger partial charge < -0.3 is 15.6 Å². The Hall–Kier alpha value is -1.62. The third kappa shape index (κ3) is 2.31. The summed E-state index contributed by atoms with van der Waals surface area (Å²) in [6.45, 7) is 3.20. The molecule has 2 atom stereocenters. The monoisotopic (exact) mass is 248 g/mol. The highest BCUT2D eigenvalue weighted by Gasteiger charge is 2.18. The normalized spacial score (nSPS) is 24.3. The van der Waals surface area contributed by atoms with E-state index in [4.69, 9.17) is 0 Å². The fraction of sp³-hybridized carbons (Fsp3) is 0.462. The van der Waals surface area contributed by atoms with Gasteiger partial charge in [-0.25, -0.2) is 9.37 Å². The fourth-order valence-electron chi connectivity index (χ4n) is 2.51. The second kappa shape index (κ2) is 4.57. The Labute approximate surface area is 105 Å². The van der Waals surface area contributed by atoms with Crippen LogP contribution in [0.4, 0.5) is 10.3 Å². The first-order chi connectivity index (χ1) is 8.70. The molecule has 2 aromatic rings. The third-order valence-electron chi connectivity index (χ3n) is 3.41. The zero-order valence-corrected chi connectivity index (χ0v) is 10.3. The number of rotatable bonds is 2. The minimum Gasteiger partial charge on any atom is -0.353 e. The van der Waals surface area contributed by atoms with Crippen LogP contribution in [0.5, 0.6) is 0 Å². The van der Waals surface area contributed by atoms with Gasteiger partial charge in [-0.05, 0) is 44.5 Å². The summed E-state index contributed by atoms with van der Waals surface area (Å²) >= 11 is 0. The molecule has 1 aromatic heterocycles. The summed E-state index contributed by atoms with van der Waals surface area (Å²) < 4.78 is 13.1. The highest BCUT2D eigenvalue weighted by atomic mass is 19.1. The van der Waals surface area contributed by atoms with Crippen LogP contribution in [0.25, 0.3) is 11.0 Å². The molecule has 1 aromatic carbocycles. The van der Waals surface area contributed by atoms with Crippen molar-refractivity contribution in [2.24, 2.45) is 0 Å². The van der Waals surface area contributed by atoms with Gasteiger partial charge in [-0.2, -0.15) is 0 Å². The van der Waals surface area contributed by atoms with Gasteiger partial charge in [0.1, 0.15) is 5.82 Å². The lowest BCUT2D eigenvalue weighted by Crippen LogP contribution is -2.41. The van der Waals surface area contributed by atoms with Gasteiger partial charge in [-0.1, -0.05) is 0 Å². The number of fused-ring (bicyclic) bond motifs is 1. The molecular weight excluding hydrogens is 231 g/mol. The van der Waals surface area contributed by atoms with E-state index < -0.39 is 0 Å². The Balaban J connectivity index is 1.78. The van der Waals surface area contributed by atoms with Gasteiger partial charge >= 0.3 is 0 Å². The van der Waals surface area contributed by atoms with Crippen LogP contribution in [-0.4, -0.2) is 28.6 Å². The molecule has 0 amide bonds. The van der Waals surface area contributed by atoms with Gasteiger partial charge in [-0.3, -0.25) is 0 Å². The summed E-state index contributed by atoms with van der Waals surface area (Å²) in [5, 5.41) is 6.80. The van der Waals surface area contributed by atoms with Crippen LogP contribution in [0.2, 0.25) is 0 Å². The number of imidazole rings is 1. The Kier molecular flexibility index (Phi) is 2.91. The van der Waals surface area contributed by atoms with Crippen LogP contribution in [0.1, 0.15) is 19.8 Å². The second-order valence-electron chi connectivity index (χ2n) is 4.97. The number of benzene rings is 1. The van der Waals surface area contributed by atoms with E-state index in [0.29, 0.717) is 12.1 Å². The van der Waals surface area contributed by atoms with Crippen molar-refractivity contribution in [1.82, 2.24) is 15.3 Å². The predicted octanol–water partition coefficient (Wildman–Crippen LogP) is 2.25. The molecule has 1 aliphatic rings. The van der Waals surface area contributed by atoms with Crippen molar-refractivity contribution in [3.05, 3.63) is 24.0 Å². The molecule has 0 saturated carbocycles. The number of hydrogen-bond acceptors (Lipinski definition) is 3. The van der Waals surface area contributed by atoms with Gasteiger partial charge in [0, 0.05) is 12.1 Å². The largest absolute Gasteiger partial charge is 0.353 e. The molecule has 4 nitrogen and oxygen atoms in total. The molecule has 2 heterocycles. The zero-order chi connectivity index (χ0) is 12.5. The summed E-state index contributed by atoms with van der Waals surface area (Å²) in [5.74, 6) is 0.489. The zero-order valence-electron chi connectivity index (χ0n) is 10.3. The molecule has 3 rings (SSSR count). The molecule has 1 fully saturated rings. The van der Waals surface area contributed by atoms with Crippen molar-refractivity contribution in [2.45, 2.75) is 31.8 Å². The second-order valence-corrected chi connectivity index (χ2v) is 4.97. The molecule has 5 heteroatoms. The van der Waals surface area contributed by atoms with E-state index in [-0.39, 0.29) is 5.82 Å². The van der Waals surface area contributed by atoms with Crippen molar-refractivity contribution in [3.63, 3.8) is 0 Å². The van der Waals surface area contributed by atoms with E-state index in [1.165, 1.54) is 12.1 Å². The number of halogens is 1. The van der Waals surface area contributed by atoms with Crippen molar-refractivity contribution in [2.75, 3.05) is 11.9 Å². The molecule has 2 unspecified atom stereocenters. The van der Waals surface area contributed by atoms with Gasteiger partial charge in [-0.15, -0.1) is 0 Å². The molecule has 1 saturated heterocycles. The van der Waals surface area contributed by atoms with Crippen molar-refractivity contribution >= 4 is 17.0 Å². The minimum atomic E-state index is -0.242. The Bertz CT molecular complexity index is 551. The molecule has 0 spiro atoms. The average molecular weight is 248 g/mol. The smallest absolute Gasteiger partial charge is 0.201 e. The molecule has 1 aliphatic heterocycles. The van der Waals surface area contributed by atoms with E-state index in [9.17, 15) is 4.39 Å². The highest BCUT2D eigenvalue weighted by molar-refractivity contribution is 5.77. The lowest BCUT2D eigenvalue weighted by molar-refractivity contribution is 0.395. The molecule has 0 radical (unpaired) electrons. The van der Waals surface area contributed by atoms with E-state index in [2.05, 4.69) is 27.5 Å². The SMILES string of the molecule is CC1CC(Nc2nc3ccc(F)cc3[nH]2)CCN1. The number of H-pyrrole nitrogens is 1. The van der Waals surface area contributed by atoms with Crippen LogP contribution in [0.15, 0.2) is 18.2 Å². The maximum absolute atomic E-state index is 13.1. The minimum absolute atomic E-state index is 0.242. The fourth-order valence-corrected chi connectivity index (χ4v) is 2.51. The van der Waals surface area contributed by atoms with Crippen LogP contribution >= 0.6 is 0 Å². The number of nitrogens with one attached hydrogen (secondary N) is 3. The lowest BCUT2D eigenvalue weighted by Gasteiger charge is -2.28. The van der Waals surface area contributed by atoms with E-state index in [0.717, 1.165) is 36.4 Å². The number of hydrogen-bond donors (Lipinski definition) is 3. The number of nitrogens with zero attached hydrogens (tertiary/aromatic N) is 1. The molecule has 3 N–H and O–H groups in total. The molecule has 96 valence electrons. The quantitative estimate of drug-likeness (QED) is 0.764. The Morgan fingerprint density at radius 3 is 3.17 bits per heavy atom. The third-order valence-corrected chi connectivity index (χ3v) is 3.41. The summed E-state index contributed by atoms with van der Waals surface area (Å²) in [6, 6.07) is 5.54. The molecule has 18 heavy (non-hydrogen) atoms. The molecule has 0 aliphatic carbocycles. The Morgan fingerprint density at radius 2 is 2.33 bits per heavy atom. The van der Waals surface area contributed by atoms with Gasteiger partial charge in [0.15, 0.2) is 0 Å². The predicted molar refractivity (Wildman–Crippen MR) is 70.2 cm³/mol. The standard InChI is InChI=1S/C13H17FN4/c1-8-6-10(4-5-15-8)16-13-17-11-3-2-9(14)7-12(11)18-13/h2-3,7-8,10,15H,4-6H2,1H3,(H2,16,17,18). The van der Waals surface area contributed by atoms with E-state index in [1.807, 2.05) is 0 Å². The van der Waals surface area contributed by atoms with Crippen LogP contribution in [0, 0.1) is 5.82 Å². The average Bonchev–Trinajstić information content (AvgIpc) is 2.70. The summed E-state index contributed by atoms with van der Waals surface area (Å²) in [5.41, 5.74) is 1.53.